The smallest absolute Gasteiger partial charge is 0.198 e. The lowest BCUT2D eigenvalue weighted by Crippen LogP contribution is -2.09. The predicted octanol–water partition coefficient (Wildman–Crippen LogP) is 4.30. The summed E-state index contributed by atoms with van der Waals surface area (Å²) in [5, 5.41) is 8.47. The first-order chi connectivity index (χ1) is 6.88. The maximum atomic E-state index is 12.5. The number of halogens is 5. The maximum Gasteiger partial charge on any atom is 0.416 e. The first kappa shape index (κ1) is 12.5. The lowest BCUT2D eigenvalue weighted by Gasteiger charge is -2.13. The topological polar surface area (TPSA) is 23.8 Å². The summed E-state index contributed by atoms with van der Waals surface area (Å²) >= 11 is 6.12. The average molecular weight is 343 g/mol. The molecule has 0 fully saturated rings. The average Bonchev–Trinajstić information content (AvgIpc) is 2.11. The molecule has 0 saturated heterocycles. The van der Waals surface area contributed by atoms with Crippen molar-refractivity contribution < 1.29 is 13.2 Å². The van der Waals surface area contributed by atoms with E-state index < -0.39 is 11.7 Å². The largest absolute Gasteiger partial charge is 0.416 e. The van der Waals surface area contributed by atoms with Gasteiger partial charge in [0.05, 0.1) is 18.1 Å². The highest BCUT2D eigenvalue weighted by molar-refractivity contribution is 9.13. The van der Waals surface area contributed by atoms with Gasteiger partial charge in [-0.3, -0.25) is 0 Å². The van der Waals surface area contributed by atoms with E-state index in [1.54, 1.807) is 6.07 Å². The van der Waals surface area contributed by atoms with Gasteiger partial charge in [-0.15, -0.1) is 0 Å². The van der Waals surface area contributed by atoms with E-state index in [1.165, 1.54) is 6.07 Å². The molecule has 1 rings (SSSR count). The number of alkyl halides is 3. The lowest BCUT2D eigenvalue weighted by atomic mass is 10.1. The van der Waals surface area contributed by atoms with E-state index >= 15 is 0 Å². The van der Waals surface area contributed by atoms with Crippen molar-refractivity contribution in [1.82, 2.24) is 0 Å². The van der Waals surface area contributed by atoms with Gasteiger partial charge in [-0.1, -0.05) is 0 Å². The Labute approximate surface area is 101 Å². The Hall–Kier alpha value is -0.540. The summed E-state index contributed by atoms with van der Waals surface area (Å²) in [5.74, 6) is 0. The van der Waals surface area contributed by atoms with Gasteiger partial charge in [0.25, 0.3) is 0 Å². The van der Waals surface area contributed by atoms with Crippen LogP contribution in [0, 0.1) is 11.3 Å². The minimum absolute atomic E-state index is 0.0422. The number of benzene rings is 1. The van der Waals surface area contributed by atoms with E-state index in [2.05, 4.69) is 31.9 Å². The van der Waals surface area contributed by atoms with Gasteiger partial charge in [-0.25, -0.2) is 0 Å². The quantitative estimate of drug-likeness (QED) is 0.746. The Morgan fingerprint density at radius 2 is 1.87 bits per heavy atom. The highest BCUT2D eigenvalue weighted by Gasteiger charge is 2.34. The SMILES string of the molecule is N#CCc1c(C(F)(F)F)ccc(Br)c1Br. The zero-order chi connectivity index (χ0) is 11.6. The van der Waals surface area contributed by atoms with Crippen molar-refractivity contribution in [3.8, 4) is 6.07 Å². The van der Waals surface area contributed by atoms with Crippen molar-refractivity contribution in [1.29, 1.82) is 5.26 Å². The molecule has 1 nitrogen and oxygen atoms in total. The van der Waals surface area contributed by atoms with E-state index in [0.29, 0.717) is 4.47 Å². The first-order valence-electron chi connectivity index (χ1n) is 3.79. The summed E-state index contributed by atoms with van der Waals surface area (Å²) in [6.07, 6.45) is -4.72. The Bertz CT molecular complexity index is 421. The van der Waals surface area contributed by atoms with Gasteiger partial charge in [-0.05, 0) is 49.6 Å². The molecule has 0 heterocycles. The molecule has 0 spiro atoms. The van der Waals surface area contributed by atoms with Crippen LogP contribution in [0.1, 0.15) is 11.1 Å². The Morgan fingerprint density at radius 3 is 2.33 bits per heavy atom. The minimum atomic E-state index is -4.44. The summed E-state index contributed by atoms with van der Waals surface area (Å²) in [5.41, 5.74) is -0.821. The number of rotatable bonds is 1. The second kappa shape index (κ2) is 4.54. The van der Waals surface area contributed by atoms with Gasteiger partial charge < -0.3 is 0 Å². The minimum Gasteiger partial charge on any atom is -0.198 e. The standard InChI is InChI=1S/C9H4Br2F3N/c10-7-2-1-6(9(12,13)14)5(3-4-15)8(7)11/h1-2H,3H2. The molecular weight excluding hydrogens is 339 g/mol. The molecule has 15 heavy (non-hydrogen) atoms. The summed E-state index contributed by atoms with van der Waals surface area (Å²) in [4.78, 5) is 0. The molecule has 0 atom stereocenters. The molecule has 1 aromatic carbocycles. The molecule has 0 N–H and O–H groups in total. The zero-order valence-corrected chi connectivity index (χ0v) is 10.4. The molecular formula is C9H4Br2F3N. The number of hydrogen-bond acceptors (Lipinski definition) is 1. The third-order valence-corrected chi connectivity index (χ3v) is 3.86. The Morgan fingerprint density at radius 1 is 1.27 bits per heavy atom. The fourth-order valence-corrected chi connectivity index (χ4v) is 1.97. The fourth-order valence-electron chi connectivity index (χ4n) is 1.11. The number of nitrogens with zero attached hydrogens (tertiary/aromatic N) is 1. The van der Waals surface area contributed by atoms with Gasteiger partial charge in [0.1, 0.15) is 0 Å². The van der Waals surface area contributed by atoms with Crippen LogP contribution in [-0.2, 0) is 12.6 Å². The molecule has 0 aromatic heterocycles. The van der Waals surface area contributed by atoms with Crippen LogP contribution in [0.15, 0.2) is 21.1 Å². The predicted molar refractivity (Wildman–Crippen MR) is 56.2 cm³/mol. The normalized spacial score (nSPS) is 11.2. The van der Waals surface area contributed by atoms with Crippen molar-refractivity contribution >= 4 is 31.9 Å². The van der Waals surface area contributed by atoms with Crippen LogP contribution in [0.3, 0.4) is 0 Å². The van der Waals surface area contributed by atoms with Crippen molar-refractivity contribution in [3.05, 3.63) is 32.2 Å². The molecule has 0 saturated carbocycles. The van der Waals surface area contributed by atoms with Crippen LogP contribution >= 0.6 is 31.9 Å². The second-order valence-corrected chi connectivity index (χ2v) is 4.37. The summed E-state index contributed by atoms with van der Waals surface area (Å²) < 4.78 is 38.4. The molecule has 0 radical (unpaired) electrons. The molecule has 0 aliphatic heterocycles. The number of hydrogen-bond donors (Lipinski definition) is 0. The van der Waals surface area contributed by atoms with Crippen LogP contribution in [0.5, 0.6) is 0 Å². The van der Waals surface area contributed by atoms with Crippen LogP contribution in [-0.4, -0.2) is 0 Å². The summed E-state index contributed by atoms with van der Waals surface area (Å²) in [7, 11) is 0. The van der Waals surface area contributed by atoms with Crippen molar-refractivity contribution in [3.63, 3.8) is 0 Å². The van der Waals surface area contributed by atoms with Crippen LogP contribution < -0.4 is 0 Å². The van der Waals surface area contributed by atoms with Crippen molar-refractivity contribution in [2.24, 2.45) is 0 Å². The fraction of sp³-hybridized carbons (Fsp3) is 0.222. The van der Waals surface area contributed by atoms with Gasteiger partial charge in [0, 0.05) is 8.95 Å². The van der Waals surface area contributed by atoms with Crippen LogP contribution in [0.25, 0.3) is 0 Å². The Kier molecular flexibility index (Phi) is 3.79. The van der Waals surface area contributed by atoms with Gasteiger partial charge in [0.15, 0.2) is 0 Å². The van der Waals surface area contributed by atoms with Crippen molar-refractivity contribution in [2.45, 2.75) is 12.6 Å². The van der Waals surface area contributed by atoms with E-state index in [9.17, 15) is 13.2 Å². The van der Waals surface area contributed by atoms with Crippen molar-refractivity contribution in [2.75, 3.05) is 0 Å². The molecule has 80 valence electrons. The first-order valence-corrected chi connectivity index (χ1v) is 5.37. The molecule has 0 unspecified atom stereocenters. The molecule has 0 aliphatic rings. The third-order valence-electron chi connectivity index (χ3n) is 1.76. The zero-order valence-electron chi connectivity index (χ0n) is 7.20. The third kappa shape index (κ3) is 2.73. The van der Waals surface area contributed by atoms with E-state index in [1.807, 2.05) is 0 Å². The summed E-state index contributed by atoms with van der Waals surface area (Å²) in [6, 6.07) is 3.97. The van der Waals surface area contributed by atoms with Gasteiger partial charge in [0.2, 0.25) is 0 Å². The monoisotopic (exact) mass is 341 g/mol. The molecule has 6 heteroatoms. The van der Waals surface area contributed by atoms with Crippen LogP contribution in [0.2, 0.25) is 0 Å². The molecule has 0 aliphatic carbocycles. The van der Waals surface area contributed by atoms with E-state index in [0.717, 1.165) is 6.07 Å². The number of nitriles is 1. The molecule has 0 bridgehead atoms. The van der Waals surface area contributed by atoms with E-state index in [4.69, 9.17) is 5.26 Å². The lowest BCUT2D eigenvalue weighted by molar-refractivity contribution is -0.138. The van der Waals surface area contributed by atoms with E-state index in [-0.39, 0.29) is 16.5 Å². The highest BCUT2D eigenvalue weighted by Crippen LogP contribution is 2.38. The van der Waals surface area contributed by atoms with Gasteiger partial charge >= 0.3 is 6.18 Å². The highest BCUT2D eigenvalue weighted by atomic mass is 79.9. The molecule has 0 amide bonds. The molecule has 1 aromatic rings. The van der Waals surface area contributed by atoms with Crippen LogP contribution in [0.4, 0.5) is 13.2 Å². The van der Waals surface area contributed by atoms with Gasteiger partial charge in [-0.2, -0.15) is 18.4 Å². The summed E-state index contributed by atoms with van der Waals surface area (Å²) in [6.45, 7) is 0. The maximum absolute atomic E-state index is 12.5. The Balaban J connectivity index is 3.41. The second-order valence-electron chi connectivity index (χ2n) is 2.72.